The van der Waals surface area contributed by atoms with Crippen LogP contribution in [0.4, 0.5) is 10.1 Å². The highest BCUT2D eigenvalue weighted by Crippen LogP contribution is 2.34. The van der Waals surface area contributed by atoms with Crippen molar-refractivity contribution in [2.75, 3.05) is 5.32 Å². The van der Waals surface area contributed by atoms with E-state index in [1.54, 1.807) is 12.3 Å². The monoisotopic (exact) mass is 308 g/mol. The second kappa shape index (κ2) is 4.78. The van der Waals surface area contributed by atoms with Crippen LogP contribution in [0, 0.1) is 12.7 Å². The summed E-state index contributed by atoms with van der Waals surface area (Å²) in [5.74, 6) is -0.702. The van der Waals surface area contributed by atoms with Crippen molar-refractivity contribution in [1.82, 2.24) is 4.98 Å². The smallest absolute Gasteiger partial charge is 0.228 e. The number of rotatable bonds is 1. The number of amides is 1. The van der Waals surface area contributed by atoms with Crippen LogP contribution < -0.4 is 10.7 Å². The first-order valence-electron chi connectivity index (χ1n) is 7.28. The summed E-state index contributed by atoms with van der Waals surface area (Å²) < 4.78 is 14.3. The number of pyridine rings is 1. The summed E-state index contributed by atoms with van der Waals surface area (Å²) in [5, 5.41) is 3.05. The van der Waals surface area contributed by atoms with Crippen molar-refractivity contribution in [3.8, 4) is 11.1 Å². The fraction of sp³-hybridized carbons (Fsp3) is 0.111. The molecule has 5 heteroatoms. The quantitative estimate of drug-likeness (QED) is 0.725. The maximum atomic E-state index is 14.3. The van der Waals surface area contributed by atoms with E-state index in [0.29, 0.717) is 22.1 Å². The van der Waals surface area contributed by atoms with Gasteiger partial charge < -0.3 is 10.3 Å². The molecule has 1 aliphatic rings. The Labute approximate surface area is 131 Å². The van der Waals surface area contributed by atoms with Gasteiger partial charge in [-0.3, -0.25) is 9.59 Å². The SMILES string of the molecule is Cc1ccc(-c2cc(F)c3c(c2)CC(=O)N3)c2c(=O)cc[nH]c12. The molecular weight excluding hydrogens is 295 g/mol. The number of carbonyl (C=O) groups is 1. The first kappa shape index (κ1) is 13.7. The molecule has 1 aliphatic heterocycles. The van der Waals surface area contributed by atoms with E-state index in [1.165, 1.54) is 12.1 Å². The Morgan fingerprint density at radius 1 is 1.13 bits per heavy atom. The number of fused-ring (bicyclic) bond motifs is 2. The molecule has 2 heterocycles. The van der Waals surface area contributed by atoms with Gasteiger partial charge in [0.2, 0.25) is 5.91 Å². The molecule has 0 saturated heterocycles. The van der Waals surface area contributed by atoms with Crippen molar-refractivity contribution in [2.24, 2.45) is 0 Å². The minimum absolute atomic E-state index is 0.118. The van der Waals surface area contributed by atoms with E-state index < -0.39 is 5.82 Å². The summed E-state index contributed by atoms with van der Waals surface area (Å²) in [6.45, 7) is 1.91. The average molecular weight is 308 g/mol. The fourth-order valence-corrected chi connectivity index (χ4v) is 3.13. The average Bonchev–Trinajstić information content (AvgIpc) is 2.89. The van der Waals surface area contributed by atoms with Crippen LogP contribution >= 0.6 is 0 Å². The minimum atomic E-state index is -0.482. The molecule has 4 rings (SSSR count). The molecular formula is C18H13FN2O2. The van der Waals surface area contributed by atoms with Gasteiger partial charge >= 0.3 is 0 Å². The van der Waals surface area contributed by atoms with Crippen LogP contribution in [0.25, 0.3) is 22.0 Å². The summed E-state index contributed by atoms with van der Waals surface area (Å²) in [6, 6.07) is 8.30. The second-order valence-electron chi connectivity index (χ2n) is 5.74. The number of aromatic nitrogens is 1. The zero-order valence-electron chi connectivity index (χ0n) is 12.4. The van der Waals surface area contributed by atoms with Gasteiger partial charge in [0, 0.05) is 12.3 Å². The molecule has 0 atom stereocenters. The third kappa shape index (κ3) is 2.04. The number of nitrogens with one attached hydrogen (secondary N) is 2. The van der Waals surface area contributed by atoms with Crippen molar-refractivity contribution < 1.29 is 9.18 Å². The van der Waals surface area contributed by atoms with Crippen molar-refractivity contribution in [3.05, 3.63) is 63.7 Å². The van der Waals surface area contributed by atoms with Crippen LogP contribution in [-0.2, 0) is 11.2 Å². The van der Waals surface area contributed by atoms with Gasteiger partial charge in [-0.1, -0.05) is 12.1 Å². The summed E-state index contributed by atoms with van der Waals surface area (Å²) in [4.78, 5) is 26.9. The Morgan fingerprint density at radius 2 is 1.96 bits per heavy atom. The van der Waals surface area contributed by atoms with Crippen LogP contribution in [0.2, 0.25) is 0 Å². The third-order valence-electron chi connectivity index (χ3n) is 4.22. The van der Waals surface area contributed by atoms with Crippen molar-refractivity contribution in [3.63, 3.8) is 0 Å². The summed E-state index contributed by atoms with van der Waals surface area (Å²) in [6.07, 6.45) is 1.76. The molecule has 0 saturated carbocycles. The highest BCUT2D eigenvalue weighted by Gasteiger charge is 2.23. The van der Waals surface area contributed by atoms with Gasteiger partial charge in [0.15, 0.2) is 5.43 Å². The largest absolute Gasteiger partial charge is 0.361 e. The number of halogens is 1. The number of aromatic amines is 1. The molecule has 1 aromatic heterocycles. The number of aryl methyl sites for hydroxylation is 1. The van der Waals surface area contributed by atoms with Crippen molar-refractivity contribution in [1.29, 1.82) is 0 Å². The molecule has 1 amide bonds. The molecule has 0 radical (unpaired) electrons. The Morgan fingerprint density at radius 3 is 2.78 bits per heavy atom. The Kier molecular flexibility index (Phi) is 2.84. The summed E-state index contributed by atoms with van der Waals surface area (Å²) in [5.41, 5.74) is 3.68. The Balaban J connectivity index is 2.04. The number of hydrogen-bond donors (Lipinski definition) is 2. The maximum Gasteiger partial charge on any atom is 0.228 e. The molecule has 0 spiro atoms. The van der Waals surface area contributed by atoms with Gasteiger partial charge in [0.25, 0.3) is 0 Å². The number of carbonyl (C=O) groups excluding carboxylic acids is 1. The normalized spacial score (nSPS) is 13.2. The van der Waals surface area contributed by atoms with Crippen LogP contribution in [0.5, 0.6) is 0 Å². The molecule has 2 N–H and O–H groups in total. The van der Waals surface area contributed by atoms with E-state index in [-0.39, 0.29) is 23.4 Å². The number of hydrogen-bond acceptors (Lipinski definition) is 2. The number of anilines is 1. The standard InChI is InChI=1S/C18H13FN2O2/c1-9-2-3-12(16-14(22)4-5-20-17(9)16)10-6-11-8-15(23)21-18(11)13(19)7-10/h2-7H,8H2,1H3,(H,20,22)(H,21,23). The van der Waals surface area contributed by atoms with Gasteiger partial charge in [-0.15, -0.1) is 0 Å². The van der Waals surface area contributed by atoms with E-state index in [0.717, 1.165) is 11.1 Å². The molecule has 0 fully saturated rings. The molecule has 4 nitrogen and oxygen atoms in total. The van der Waals surface area contributed by atoms with Gasteiger partial charge in [-0.25, -0.2) is 4.39 Å². The fourth-order valence-electron chi connectivity index (χ4n) is 3.13. The van der Waals surface area contributed by atoms with Crippen LogP contribution in [0.15, 0.2) is 41.3 Å². The van der Waals surface area contributed by atoms with E-state index in [1.807, 2.05) is 19.1 Å². The topological polar surface area (TPSA) is 62.0 Å². The molecule has 23 heavy (non-hydrogen) atoms. The van der Waals surface area contributed by atoms with Gasteiger partial charge in [0.05, 0.1) is 23.0 Å². The Hall–Kier alpha value is -2.95. The van der Waals surface area contributed by atoms with E-state index in [4.69, 9.17) is 0 Å². The first-order chi connectivity index (χ1) is 11.0. The van der Waals surface area contributed by atoms with Crippen LogP contribution in [0.3, 0.4) is 0 Å². The number of benzene rings is 2. The van der Waals surface area contributed by atoms with Gasteiger partial charge in [0.1, 0.15) is 5.82 Å². The third-order valence-corrected chi connectivity index (χ3v) is 4.22. The highest BCUT2D eigenvalue weighted by atomic mass is 19.1. The molecule has 0 aliphatic carbocycles. The maximum absolute atomic E-state index is 14.3. The molecule has 3 aromatic rings. The zero-order chi connectivity index (χ0) is 16.1. The van der Waals surface area contributed by atoms with E-state index in [9.17, 15) is 14.0 Å². The highest BCUT2D eigenvalue weighted by molar-refractivity contribution is 6.01. The predicted octanol–water partition coefficient (Wildman–Crippen LogP) is 3.14. The summed E-state index contributed by atoms with van der Waals surface area (Å²) >= 11 is 0. The number of H-pyrrole nitrogens is 1. The van der Waals surface area contributed by atoms with Crippen molar-refractivity contribution >= 4 is 22.5 Å². The lowest BCUT2D eigenvalue weighted by Crippen LogP contribution is -2.04. The van der Waals surface area contributed by atoms with Crippen LogP contribution in [0.1, 0.15) is 11.1 Å². The Bertz CT molecular complexity index is 1040. The van der Waals surface area contributed by atoms with Gasteiger partial charge in [-0.05, 0) is 41.3 Å². The van der Waals surface area contributed by atoms with Crippen LogP contribution in [-0.4, -0.2) is 10.9 Å². The van der Waals surface area contributed by atoms with Crippen molar-refractivity contribution in [2.45, 2.75) is 13.3 Å². The lowest BCUT2D eigenvalue weighted by atomic mass is 9.96. The lowest BCUT2D eigenvalue weighted by molar-refractivity contribution is -0.115. The lowest BCUT2D eigenvalue weighted by Gasteiger charge is -2.10. The molecule has 0 bridgehead atoms. The first-order valence-corrected chi connectivity index (χ1v) is 7.28. The predicted molar refractivity (Wildman–Crippen MR) is 87.0 cm³/mol. The van der Waals surface area contributed by atoms with Gasteiger partial charge in [-0.2, -0.15) is 0 Å². The van der Waals surface area contributed by atoms with E-state index in [2.05, 4.69) is 10.3 Å². The van der Waals surface area contributed by atoms with E-state index >= 15 is 0 Å². The minimum Gasteiger partial charge on any atom is -0.361 e. The zero-order valence-corrected chi connectivity index (χ0v) is 12.4. The molecule has 2 aromatic carbocycles. The molecule has 0 unspecified atom stereocenters. The second-order valence-corrected chi connectivity index (χ2v) is 5.74. The summed E-state index contributed by atoms with van der Waals surface area (Å²) in [7, 11) is 0. The molecule has 114 valence electrons.